The van der Waals surface area contributed by atoms with Crippen LogP contribution in [0.5, 0.6) is 5.75 Å². The molecule has 0 bridgehead atoms. The van der Waals surface area contributed by atoms with Gasteiger partial charge in [0, 0.05) is 45.4 Å². The fourth-order valence-corrected chi connectivity index (χ4v) is 3.94. The number of hydrogen-bond acceptors (Lipinski definition) is 4. The number of aromatic nitrogens is 1. The predicted octanol–water partition coefficient (Wildman–Crippen LogP) is 5.03. The van der Waals surface area contributed by atoms with Gasteiger partial charge in [-0.1, -0.05) is 6.07 Å². The lowest BCUT2D eigenvalue weighted by Crippen LogP contribution is -2.00. The largest absolute Gasteiger partial charge is 0.496 e. The number of nitrogens with zero attached hydrogens (tertiary/aromatic N) is 1. The third-order valence-electron chi connectivity index (χ3n) is 5.35. The first-order chi connectivity index (χ1) is 14.8. The third kappa shape index (κ3) is 3.30. The zero-order valence-electron chi connectivity index (χ0n) is 16.9. The van der Waals surface area contributed by atoms with Gasteiger partial charge in [0.25, 0.3) is 0 Å². The molecule has 0 atom stereocenters. The van der Waals surface area contributed by atoms with Crippen molar-refractivity contribution < 1.29 is 19.0 Å². The molecule has 0 fully saturated rings. The zero-order valence-corrected chi connectivity index (χ0v) is 16.9. The summed E-state index contributed by atoms with van der Waals surface area (Å²) >= 11 is 0. The average molecular weight is 417 g/mol. The van der Waals surface area contributed by atoms with E-state index in [1.54, 1.807) is 30.3 Å². The molecule has 4 rings (SSSR count). The number of aromatic carboxylic acids is 1. The van der Waals surface area contributed by atoms with Gasteiger partial charge in [-0.15, -0.1) is 0 Å². The van der Waals surface area contributed by atoms with Gasteiger partial charge in [-0.3, -0.25) is 0 Å². The Kier molecular flexibility index (Phi) is 4.94. The van der Waals surface area contributed by atoms with Crippen molar-refractivity contribution in [3.8, 4) is 22.6 Å². The molecule has 156 valence electrons. The molecule has 0 amide bonds. The second kappa shape index (κ2) is 7.60. The molecule has 0 aliphatic carbocycles. The molecule has 1 aromatic heterocycles. The smallest absolute Gasteiger partial charge is 0.335 e. The second-order valence-electron chi connectivity index (χ2n) is 7.14. The van der Waals surface area contributed by atoms with Gasteiger partial charge in [0.1, 0.15) is 11.6 Å². The molecule has 31 heavy (non-hydrogen) atoms. The maximum atomic E-state index is 14.0. The summed E-state index contributed by atoms with van der Waals surface area (Å²) in [4.78, 5) is 11.4. The van der Waals surface area contributed by atoms with E-state index in [1.807, 2.05) is 11.5 Å². The maximum Gasteiger partial charge on any atom is 0.335 e. The molecule has 0 spiro atoms. The fraction of sp³-hybridized carbons (Fsp3) is 0.0833. The van der Waals surface area contributed by atoms with Crippen LogP contribution in [0.3, 0.4) is 0 Å². The predicted molar refractivity (Wildman–Crippen MR) is 119 cm³/mol. The molecule has 6 nitrogen and oxygen atoms in total. The molecule has 0 radical (unpaired) electrons. The average Bonchev–Trinajstić information content (AvgIpc) is 3.03. The zero-order chi connectivity index (χ0) is 22.3. The highest BCUT2D eigenvalue weighted by Crippen LogP contribution is 2.42. The number of rotatable bonds is 5. The van der Waals surface area contributed by atoms with E-state index < -0.39 is 5.97 Å². The Morgan fingerprint density at radius 2 is 1.97 bits per heavy atom. The van der Waals surface area contributed by atoms with Crippen LogP contribution in [0.15, 0.2) is 54.6 Å². The number of halogens is 1. The lowest BCUT2D eigenvalue weighted by molar-refractivity contribution is 0.0696. The van der Waals surface area contributed by atoms with Gasteiger partial charge in [-0.05, 0) is 55.5 Å². The van der Waals surface area contributed by atoms with E-state index in [2.05, 4.69) is 0 Å². The van der Waals surface area contributed by atoms with E-state index in [0.29, 0.717) is 28.3 Å². The molecule has 0 aliphatic heterocycles. The lowest BCUT2D eigenvalue weighted by Gasteiger charge is -2.12. The van der Waals surface area contributed by atoms with Crippen LogP contribution in [0.2, 0.25) is 0 Å². The maximum absolute atomic E-state index is 14.0. The van der Waals surface area contributed by atoms with Crippen molar-refractivity contribution >= 4 is 28.8 Å². The molecule has 0 unspecified atom stereocenters. The van der Waals surface area contributed by atoms with E-state index in [1.165, 1.54) is 37.6 Å². The number of carboxylic acids is 1. The highest BCUT2D eigenvalue weighted by molar-refractivity contribution is 6.05. The fourth-order valence-electron chi connectivity index (χ4n) is 3.94. The van der Waals surface area contributed by atoms with Gasteiger partial charge < -0.3 is 25.6 Å². The summed E-state index contributed by atoms with van der Waals surface area (Å²) < 4.78 is 21.4. The number of carbonyl (C=O) groups is 1. The number of carboxylic acid groups (broad SMARTS) is 1. The van der Waals surface area contributed by atoms with Gasteiger partial charge in [0.15, 0.2) is 0 Å². The van der Waals surface area contributed by atoms with Crippen molar-refractivity contribution in [2.45, 2.75) is 6.92 Å². The molecule has 0 saturated carbocycles. The number of nitrogens with one attached hydrogen (secondary N) is 1. The van der Waals surface area contributed by atoms with Gasteiger partial charge in [-0.25, -0.2) is 9.18 Å². The van der Waals surface area contributed by atoms with Crippen molar-refractivity contribution in [2.75, 3.05) is 12.8 Å². The highest BCUT2D eigenvalue weighted by atomic mass is 19.1. The standard InChI is InChI=1S/C24H20FN3O3/c1-13-23(18-7-6-14(24(29)30)9-22(18)31-2)19-11-20(27)15(12-26)8-21(19)28(13)17-5-3-4-16(25)10-17/h3-12,26H,27H2,1-2H3,(H,29,30). The Hall–Kier alpha value is -4.13. The number of fused-ring (bicyclic) bond motifs is 1. The topological polar surface area (TPSA) is 101 Å². The summed E-state index contributed by atoms with van der Waals surface area (Å²) in [6.07, 6.45) is 1.18. The summed E-state index contributed by atoms with van der Waals surface area (Å²) in [6, 6.07) is 14.5. The van der Waals surface area contributed by atoms with E-state index in [-0.39, 0.29) is 11.4 Å². The van der Waals surface area contributed by atoms with Crippen molar-refractivity contribution in [1.82, 2.24) is 4.57 Å². The third-order valence-corrected chi connectivity index (χ3v) is 5.35. The van der Waals surface area contributed by atoms with Gasteiger partial charge in [-0.2, -0.15) is 0 Å². The molecule has 0 aliphatic rings. The molecule has 0 saturated heterocycles. The number of methoxy groups -OCH3 is 1. The van der Waals surface area contributed by atoms with Crippen LogP contribution in [0.1, 0.15) is 21.6 Å². The van der Waals surface area contributed by atoms with Gasteiger partial charge >= 0.3 is 5.97 Å². The Labute approximate surface area is 177 Å². The Morgan fingerprint density at radius 3 is 2.61 bits per heavy atom. The van der Waals surface area contributed by atoms with E-state index in [0.717, 1.165) is 22.2 Å². The first-order valence-corrected chi connectivity index (χ1v) is 9.48. The van der Waals surface area contributed by atoms with Crippen LogP contribution in [-0.2, 0) is 0 Å². The van der Waals surface area contributed by atoms with E-state index in [9.17, 15) is 14.3 Å². The van der Waals surface area contributed by atoms with Crippen molar-refractivity contribution in [1.29, 1.82) is 5.41 Å². The van der Waals surface area contributed by atoms with Crippen molar-refractivity contribution in [3.05, 3.63) is 77.2 Å². The SMILES string of the molecule is COc1cc(C(=O)O)ccc1-c1c(C)n(-c2cccc(F)c2)c2cc(C=N)c(N)cc12. The van der Waals surface area contributed by atoms with Crippen LogP contribution < -0.4 is 10.5 Å². The van der Waals surface area contributed by atoms with Crippen LogP contribution in [-0.4, -0.2) is 29.0 Å². The number of benzene rings is 3. The van der Waals surface area contributed by atoms with Crippen molar-refractivity contribution in [2.24, 2.45) is 0 Å². The normalized spacial score (nSPS) is 10.9. The number of hydrogen-bond donors (Lipinski definition) is 3. The van der Waals surface area contributed by atoms with Gasteiger partial charge in [0.2, 0.25) is 0 Å². The molecular weight excluding hydrogens is 397 g/mol. The lowest BCUT2D eigenvalue weighted by atomic mass is 9.98. The monoisotopic (exact) mass is 417 g/mol. The van der Waals surface area contributed by atoms with Crippen LogP contribution in [0.4, 0.5) is 10.1 Å². The highest BCUT2D eigenvalue weighted by Gasteiger charge is 2.22. The second-order valence-corrected chi connectivity index (χ2v) is 7.14. The van der Waals surface area contributed by atoms with Crippen molar-refractivity contribution in [3.63, 3.8) is 0 Å². The van der Waals surface area contributed by atoms with E-state index in [4.69, 9.17) is 15.9 Å². The number of nitrogen functional groups attached to an aromatic ring is 1. The van der Waals surface area contributed by atoms with Crippen LogP contribution >= 0.6 is 0 Å². The minimum atomic E-state index is -1.05. The molecule has 4 N–H and O–H groups in total. The van der Waals surface area contributed by atoms with E-state index >= 15 is 0 Å². The Bertz CT molecular complexity index is 1360. The Morgan fingerprint density at radius 1 is 1.19 bits per heavy atom. The summed E-state index contributed by atoms with van der Waals surface area (Å²) in [5, 5.41) is 17.8. The van der Waals surface area contributed by atoms with Gasteiger partial charge in [0.05, 0.1) is 18.2 Å². The number of nitrogens with two attached hydrogens (primary N) is 1. The number of anilines is 1. The molecular formula is C24H20FN3O3. The van der Waals surface area contributed by atoms with Crippen LogP contribution in [0, 0.1) is 18.2 Å². The summed E-state index contributed by atoms with van der Waals surface area (Å²) in [7, 11) is 1.48. The molecule has 3 aromatic carbocycles. The minimum Gasteiger partial charge on any atom is -0.496 e. The first-order valence-electron chi connectivity index (χ1n) is 9.48. The Balaban J connectivity index is 2.12. The summed E-state index contributed by atoms with van der Waals surface area (Å²) in [6.45, 7) is 1.89. The van der Waals surface area contributed by atoms with Crippen LogP contribution in [0.25, 0.3) is 27.7 Å². The molecule has 4 aromatic rings. The molecule has 1 heterocycles. The quantitative estimate of drug-likeness (QED) is 0.313. The number of ether oxygens (including phenoxy) is 1. The molecule has 7 heteroatoms. The minimum absolute atomic E-state index is 0.109. The first kappa shape index (κ1) is 20.2. The summed E-state index contributed by atoms with van der Waals surface area (Å²) in [5.74, 6) is -1.02. The summed E-state index contributed by atoms with van der Waals surface area (Å²) in [5.41, 5.74) is 10.9.